The summed E-state index contributed by atoms with van der Waals surface area (Å²) in [4.78, 5) is 25.5. The fourth-order valence-electron chi connectivity index (χ4n) is 3.32. The van der Waals surface area contributed by atoms with Gasteiger partial charge in [-0.3, -0.25) is 9.20 Å². The Morgan fingerprint density at radius 1 is 1.14 bits per heavy atom. The number of hydrogen-bond donors (Lipinski definition) is 1. The summed E-state index contributed by atoms with van der Waals surface area (Å²) < 4.78 is 1.91. The SMILES string of the molecule is Cc1cc(C)n2c(SCc3nc4scc(-c5ccccc5)c4c(=O)[nH]3)nnc2n1. The topological polar surface area (TPSA) is 88.8 Å². The highest BCUT2D eigenvalue weighted by Gasteiger charge is 2.15. The highest BCUT2D eigenvalue weighted by Crippen LogP contribution is 2.31. The largest absolute Gasteiger partial charge is 0.309 e. The van der Waals surface area contributed by atoms with Crippen LogP contribution in [0.3, 0.4) is 0 Å². The Morgan fingerprint density at radius 3 is 2.79 bits per heavy atom. The molecule has 5 aromatic rings. The predicted octanol–water partition coefficient (Wildman–Crippen LogP) is 4.00. The van der Waals surface area contributed by atoms with Crippen LogP contribution >= 0.6 is 23.1 Å². The van der Waals surface area contributed by atoms with Crippen LogP contribution in [0, 0.1) is 13.8 Å². The van der Waals surface area contributed by atoms with Gasteiger partial charge in [-0.2, -0.15) is 0 Å². The molecule has 5 rings (SSSR count). The normalized spacial score (nSPS) is 11.5. The maximum atomic E-state index is 12.8. The number of thiophene rings is 1. The van der Waals surface area contributed by atoms with Gasteiger partial charge in [0.05, 0.1) is 11.1 Å². The van der Waals surface area contributed by atoms with E-state index in [0.29, 0.717) is 22.7 Å². The Kier molecular flexibility index (Phi) is 4.40. The Bertz CT molecular complexity index is 1400. The molecule has 0 aliphatic carbocycles. The number of H-pyrrole nitrogens is 1. The third-order valence-corrected chi connectivity index (χ3v) is 6.39. The van der Waals surface area contributed by atoms with Gasteiger partial charge in [-0.1, -0.05) is 42.1 Å². The van der Waals surface area contributed by atoms with Crippen molar-refractivity contribution in [1.29, 1.82) is 0 Å². The van der Waals surface area contributed by atoms with Gasteiger partial charge in [0.2, 0.25) is 0 Å². The quantitative estimate of drug-likeness (QED) is 0.442. The van der Waals surface area contributed by atoms with E-state index in [9.17, 15) is 4.79 Å². The molecule has 0 amide bonds. The first-order chi connectivity index (χ1) is 14.1. The second-order valence-electron chi connectivity index (χ2n) is 6.65. The zero-order valence-corrected chi connectivity index (χ0v) is 17.3. The van der Waals surface area contributed by atoms with Crippen molar-refractivity contribution >= 4 is 39.1 Å². The summed E-state index contributed by atoms with van der Waals surface area (Å²) >= 11 is 2.95. The number of rotatable bonds is 4. The molecular formula is C20H16N6OS2. The maximum absolute atomic E-state index is 12.8. The first kappa shape index (κ1) is 18.0. The van der Waals surface area contributed by atoms with Gasteiger partial charge >= 0.3 is 0 Å². The molecule has 9 heteroatoms. The fraction of sp³-hybridized carbons (Fsp3) is 0.150. The molecule has 0 saturated heterocycles. The zero-order chi connectivity index (χ0) is 20.0. The van der Waals surface area contributed by atoms with Crippen LogP contribution in [-0.4, -0.2) is 29.5 Å². The molecule has 0 aliphatic rings. The van der Waals surface area contributed by atoms with Gasteiger partial charge in [-0.15, -0.1) is 21.5 Å². The number of nitrogens with zero attached hydrogens (tertiary/aromatic N) is 5. The van der Waals surface area contributed by atoms with E-state index < -0.39 is 0 Å². The summed E-state index contributed by atoms with van der Waals surface area (Å²) in [6, 6.07) is 11.9. The van der Waals surface area contributed by atoms with E-state index in [1.54, 1.807) is 0 Å². The van der Waals surface area contributed by atoms with Crippen molar-refractivity contribution in [3.8, 4) is 11.1 Å². The lowest BCUT2D eigenvalue weighted by Crippen LogP contribution is -2.10. The van der Waals surface area contributed by atoms with Crippen LogP contribution in [0.15, 0.2) is 51.7 Å². The van der Waals surface area contributed by atoms with Gasteiger partial charge in [-0.25, -0.2) is 9.97 Å². The van der Waals surface area contributed by atoms with Crippen molar-refractivity contribution in [3.05, 3.63) is 69.3 Å². The van der Waals surface area contributed by atoms with Crippen LogP contribution in [0.5, 0.6) is 0 Å². The summed E-state index contributed by atoms with van der Waals surface area (Å²) in [6.45, 7) is 3.93. The minimum Gasteiger partial charge on any atom is -0.309 e. The van der Waals surface area contributed by atoms with Crippen molar-refractivity contribution in [2.24, 2.45) is 0 Å². The van der Waals surface area contributed by atoms with Gasteiger partial charge in [0.1, 0.15) is 10.7 Å². The van der Waals surface area contributed by atoms with E-state index in [1.165, 1.54) is 23.1 Å². The number of aryl methyl sites for hydroxylation is 2. The highest BCUT2D eigenvalue weighted by molar-refractivity contribution is 7.98. The molecule has 0 unspecified atom stereocenters. The van der Waals surface area contributed by atoms with Crippen LogP contribution in [-0.2, 0) is 5.75 Å². The van der Waals surface area contributed by atoms with Crippen LogP contribution < -0.4 is 5.56 Å². The summed E-state index contributed by atoms with van der Waals surface area (Å²) in [6.07, 6.45) is 0. The first-order valence-electron chi connectivity index (χ1n) is 8.98. The summed E-state index contributed by atoms with van der Waals surface area (Å²) in [5.74, 6) is 1.67. The Hall–Kier alpha value is -3.04. The molecule has 1 aromatic carbocycles. The smallest absolute Gasteiger partial charge is 0.260 e. The van der Waals surface area contributed by atoms with Gasteiger partial charge < -0.3 is 4.98 Å². The molecule has 0 fully saturated rings. The predicted molar refractivity (Wildman–Crippen MR) is 115 cm³/mol. The molecule has 0 atom stereocenters. The number of aromatic nitrogens is 6. The second kappa shape index (κ2) is 7.09. The molecule has 0 aliphatic heterocycles. The van der Waals surface area contributed by atoms with E-state index in [-0.39, 0.29) is 5.56 Å². The average molecular weight is 421 g/mol. The molecule has 4 heterocycles. The monoisotopic (exact) mass is 420 g/mol. The number of aromatic amines is 1. The van der Waals surface area contributed by atoms with Gasteiger partial charge in [-0.05, 0) is 25.5 Å². The Morgan fingerprint density at radius 2 is 1.97 bits per heavy atom. The minimum atomic E-state index is -0.120. The van der Waals surface area contributed by atoms with Crippen molar-refractivity contribution in [1.82, 2.24) is 29.5 Å². The fourth-order valence-corrected chi connectivity index (χ4v) is 5.14. The molecule has 1 N–H and O–H groups in total. The zero-order valence-electron chi connectivity index (χ0n) is 15.7. The molecule has 4 aromatic heterocycles. The lowest BCUT2D eigenvalue weighted by Gasteiger charge is -2.04. The molecule has 0 radical (unpaired) electrons. The van der Waals surface area contributed by atoms with Gasteiger partial charge in [0.25, 0.3) is 11.3 Å². The van der Waals surface area contributed by atoms with Crippen LogP contribution in [0.2, 0.25) is 0 Å². The number of hydrogen-bond acceptors (Lipinski definition) is 7. The minimum absolute atomic E-state index is 0.120. The van der Waals surface area contributed by atoms with Crippen molar-refractivity contribution in [2.75, 3.05) is 0 Å². The summed E-state index contributed by atoms with van der Waals surface area (Å²) in [5.41, 5.74) is 3.73. The van der Waals surface area contributed by atoms with Gasteiger partial charge in [0.15, 0.2) is 5.16 Å². The molecule has 0 spiro atoms. The standard InChI is InChI=1S/C20H16N6OS2/c1-11-8-12(2)26-19(21-11)24-25-20(26)29-10-15-22-17(27)16-14(9-28-18(16)23-15)13-6-4-3-5-7-13/h3-9H,10H2,1-2H3,(H,22,23,27). The summed E-state index contributed by atoms with van der Waals surface area (Å²) in [7, 11) is 0. The van der Waals surface area contributed by atoms with Crippen LogP contribution in [0.25, 0.3) is 27.1 Å². The highest BCUT2D eigenvalue weighted by atomic mass is 32.2. The molecule has 144 valence electrons. The van der Waals surface area contributed by atoms with Crippen molar-refractivity contribution in [3.63, 3.8) is 0 Å². The van der Waals surface area contributed by atoms with E-state index in [4.69, 9.17) is 0 Å². The second-order valence-corrected chi connectivity index (χ2v) is 8.45. The maximum Gasteiger partial charge on any atom is 0.260 e. The first-order valence-corrected chi connectivity index (χ1v) is 10.8. The average Bonchev–Trinajstić information content (AvgIpc) is 3.31. The van der Waals surface area contributed by atoms with Crippen LogP contribution in [0.1, 0.15) is 17.2 Å². The van der Waals surface area contributed by atoms with Crippen molar-refractivity contribution in [2.45, 2.75) is 24.8 Å². The Labute approximate surface area is 173 Å². The van der Waals surface area contributed by atoms with E-state index in [1.807, 2.05) is 60.0 Å². The number of nitrogens with one attached hydrogen (secondary N) is 1. The molecular weight excluding hydrogens is 404 g/mol. The van der Waals surface area contributed by atoms with Gasteiger partial charge in [0, 0.05) is 22.3 Å². The van der Waals surface area contributed by atoms with E-state index >= 15 is 0 Å². The third kappa shape index (κ3) is 3.22. The number of thioether (sulfide) groups is 1. The molecule has 0 saturated carbocycles. The Balaban J connectivity index is 1.47. The lowest BCUT2D eigenvalue weighted by molar-refractivity contribution is 0.883. The number of fused-ring (bicyclic) bond motifs is 2. The lowest BCUT2D eigenvalue weighted by atomic mass is 10.1. The molecule has 7 nitrogen and oxygen atoms in total. The van der Waals surface area contributed by atoms with Crippen LogP contribution in [0.4, 0.5) is 0 Å². The molecule has 29 heavy (non-hydrogen) atoms. The third-order valence-electron chi connectivity index (χ3n) is 4.58. The molecule has 0 bridgehead atoms. The van der Waals surface area contributed by atoms with E-state index in [2.05, 4.69) is 25.1 Å². The number of benzene rings is 1. The van der Waals surface area contributed by atoms with Crippen molar-refractivity contribution < 1.29 is 0 Å². The van der Waals surface area contributed by atoms with E-state index in [0.717, 1.165) is 32.5 Å². The summed E-state index contributed by atoms with van der Waals surface area (Å²) in [5, 5.41) is 11.7.